The van der Waals surface area contributed by atoms with E-state index >= 15 is 0 Å². The Morgan fingerprint density at radius 1 is 0.561 bits per heavy atom. The predicted molar refractivity (Wildman–Crippen MR) is 165 cm³/mol. The number of hydrogen-bond donors (Lipinski definition) is 0. The van der Waals surface area contributed by atoms with Gasteiger partial charge in [0.05, 0.1) is 11.1 Å². The van der Waals surface area contributed by atoms with Crippen LogP contribution in [0.3, 0.4) is 0 Å². The molecule has 4 rings (SSSR count). The summed E-state index contributed by atoms with van der Waals surface area (Å²) in [6.07, 6.45) is 1.69. The number of hydrogen-bond acceptors (Lipinski definition) is 4. The maximum Gasteiger partial charge on any atom is 0.343 e. The highest BCUT2D eigenvalue weighted by molar-refractivity contribution is 5.92. The Morgan fingerprint density at radius 2 is 0.902 bits per heavy atom. The molecule has 0 atom stereocenters. The van der Waals surface area contributed by atoms with Gasteiger partial charge in [0.2, 0.25) is 0 Å². The minimum Gasteiger partial charge on any atom is -0.423 e. The molecule has 0 aliphatic carbocycles. The maximum absolute atomic E-state index is 12.9. The lowest BCUT2D eigenvalue weighted by Gasteiger charge is -2.26. The van der Waals surface area contributed by atoms with Gasteiger partial charge in [-0.1, -0.05) is 102 Å². The molecule has 4 aromatic carbocycles. The number of ether oxygens (including phenoxy) is 2. The van der Waals surface area contributed by atoms with Crippen molar-refractivity contribution in [1.82, 2.24) is 0 Å². The molecule has 0 spiro atoms. The molecule has 212 valence electrons. The van der Waals surface area contributed by atoms with E-state index in [1.165, 1.54) is 0 Å². The van der Waals surface area contributed by atoms with Gasteiger partial charge < -0.3 is 9.47 Å². The predicted octanol–water partition coefficient (Wildman–Crippen LogP) is 8.85. The normalized spacial score (nSPS) is 11.5. The Bertz CT molecular complexity index is 1370. The van der Waals surface area contributed by atoms with Crippen molar-refractivity contribution in [2.45, 2.75) is 59.8 Å². The van der Waals surface area contributed by atoms with Crippen molar-refractivity contribution in [3.63, 3.8) is 0 Å². The van der Waals surface area contributed by atoms with E-state index in [0.29, 0.717) is 34.5 Å². The van der Waals surface area contributed by atoms with Crippen LogP contribution in [0.25, 0.3) is 0 Å². The Hall–Kier alpha value is -4.18. The first kappa shape index (κ1) is 29.8. The second-order valence-corrected chi connectivity index (χ2v) is 12.0. The van der Waals surface area contributed by atoms with Crippen molar-refractivity contribution in [3.05, 3.63) is 130 Å². The molecule has 0 fully saturated rings. The highest BCUT2D eigenvalue weighted by atomic mass is 16.5. The summed E-state index contributed by atoms with van der Waals surface area (Å²) in [6, 6.07) is 30.5. The summed E-state index contributed by atoms with van der Waals surface area (Å²) < 4.78 is 11.5. The zero-order valence-electron chi connectivity index (χ0n) is 24.9. The summed E-state index contributed by atoms with van der Waals surface area (Å²) in [5.41, 5.74) is 4.80. The Labute approximate surface area is 244 Å². The van der Waals surface area contributed by atoms with Crippen LogP contribution in [0.4, 0.5) is 0 Å². The molecule has 0 heterocycles. The van der Waals surface area contributed by atoms with Crippen LogP contribution < -0.4 is 9.47 Å². The first-order valence-electron chi connectivity index (χ1n) is 14.4. The molecule has 41 heavy (non-hydrogen) atoms. The summed E-state index contributed by atoms with van der Waals surface area (Å²) in [4.78, 5) is 25.8. The van der Waals surface area contributed by atoms with Crippen LogP contribution in [0.1, 0.15) is 84.5 Å². The topological polar surface area (TPSA) is 52.6 Å². The van der Waals surface area contributed by atoms with E-state index in [1.54, 1.807) is 0 Å². The van der Waals surface area contributed by atoms with Gasteiger partial charge in [0.15, 0.2) is 0 Å². The lowest BCUT2D eigenvalue weighted by atomic mass is 9.78. The molecular formula is C37H40O4. The van der Waals surface area contributed by atoms with Crippen molar-refractivity contribution in [2.24, 2.45) is 11.8 Å². The number of esters is 2. The highest BCUT2D eigenvalue weighted by Crippen LogP contribution is 2.32. The van der Waals surface area contributed by atoms with E-state index in [2.05, 4.69) is 41.5 Å². The van der Waals surface area contributed by atoms with Gasteiger partial charge in [-0.15, -0.1) is 0 Å². The van der Waals surface area contributed by atoms with E-state index in [9.17, 15) is 9.59 Å². The average Bonchev–Trinajstić information content (AvgIpc) is 2.94. The molecule has 0 aliphatic heterocycles. The van der Waals surface area contributed by atoms with E-state index in [0.717, 1.165) is 35.1 Å². The van der Waals surface area contributed by atoms with Gasteiger partial charge in [-0.05, 0) is 83.3 Å². The van der Waals surface area contributed by atoms with Crippen LogP contribution in [0.5, 0.6) is 11.5 Å². The molecule has 0 aliphatic rings. The fourth-order valence-corrected chi connectivity index (χ4v) is 4.95. The first-order valence-corrected chi connectivity index (χ1v) is 14.4. The molecule has 0 amide bonds. The number of benzene rings is 4. The number of carbonyl (C=O) groups is 2. The number of carbonyl (C=O) groups excluding carboxylic acids is 2. The molecule has 0 saturated carbocycles. The van der Waals surface area contributed by atoms with Crippen LogP contribution >= 0.6 is 0 Å². The fraction of sp³-hybridized carbons (Fsp3) is 0.297. The zero-order chi connectivity index (χ0) is 29.6. The van der Waals surface area contributed by atoms with Gasteiger partial charge >= 0.3 is 11.9 Å². The minimum atomic E-state index is -0.372. The second-order valence-electron chi connectivity index (χ2n) is 12.0. The first-order chi connectivity index (χ1) is 19.5. The van der Waals surface area contributed by atoms with Crippen LogP contribution in [-0.4, -0.2) is 11.9 Å². The van der Waals surface area contributed by atoms with Crippen LogP contribution in [0.15, 0.2) is 97.1 Å². The maximum atomic E-state index is 12.9. The van der Waals surface area contributed by atoms with Gasteiger partial charge in [-0.25, -0.2) is 9.59 Å². The lowest BCUT2D eigenvalue weighted by Crippen LogP contribution is -2.20. The Balaban J connectivity index is 1.45. The smallest absolute Gasteiger partial charge is 0.343 e. The summed E-state index contributed by atoms with van der Waals surface area (Å²) in [5.74, 6) is 1.40. The fourth-order valence-electron chi connectivity index (χ4n) is 4.95. The Kier molecular flexibility index (Phi) is 9.44. The largest absolute Gasteiger partial charge is 0.423 e. The Morgan fingerprint density at radius 3 is 1.24 bits per heavy atom. The summed E-state index contributed by atoms with van der Waals surface area (Å²) in [5, 5.41) is 0. The second kappa shape index (κ2) is 13.0. The zero-order valence-corrected chi connectivity index (χ0v) is 24.9. The molecule has 0 radical (unpaired) electrons. The summed E-state index contributed by atoms with van der Waals surface area (Å²) in [7, 11) is 0. The van der Waals surface area contributed by atoms with Gasteiger partial charge in [0.25, 0.3) is 0 Å². The number of para-hydroxylation sites is 2. The quantitative estimate of drug-likeness (QED) is 0.147. The molecule has 4 aromatic rings. The standard InChI is InChI=1S/C37H40O4/c1-25(2)23-29-11-7-9-13-33(29)40-35(38)27-15-19-31(20-16-27)37(5,6)32-21-17-28(18-22-32)36(39)41-34-14-10-8-12-30(34)24-26(3)4/h7-22,25-26H,23-24H2,1-6H3. The molecule has 4 nitrogen and oxygen atoms in total. The average molecular weight is 549 g/mol. The van der Waals surface area contributed by atoms with Crippen molar-refractivity contribution in [2.75, 3.05) is 0 Å². The SMILES string of the molecule is CC(C)Cc1ccccc1OC(=O)c1ccc(C(C)(C)c2ccc(C(=O)Oc3ccccc3CC(C)C)cc2)cc1. The summed E-state index contributed by atoms with van der Waals surface area (Å²) >= 11 is 0. The van der Waals surface area contributed by atoms with Crippen LogP contribution in [0, 0.1) is 11.8 Å². The highest BCUT2D eigenvalue weighted by Gasteiger charge is 2.24. The van der Waals surface area contributed by atoms with E-state index in [1.807, 2.05) is 97.1 Å². The van der Waals surface area contributed by atoms with Crippen molar-refractivity contribution in [1.29, 1.82) is 0 Å². The lowest BCUT2D eigenvalue weighted by molar-refractivity contribution is 0.0723. The molecule has 0 bridgehead atoms. The molecule has 0 aromatic heterocycles. The van der Waals surface area contributed by atoms with Gasteiger partial charge in [0, 0.05) is 5.41 Å². The third kappa shape index (κ3) is 7.52. The third-order valence-corrected chi connectivity index (χ3v) is 7.29. The molecule has 4 heteroatoms. The van der Waals surface area contributed by atoms with Crippen LogP contribution in [0.2, 0.25) is 0 Å². The van der Waals surface area contributed by atoms with Crippen molar-refractivity contribution in [3.8, 4) is 11.5 Å². The number of rotatable bonds is 10. The van der Waals surface area contributed by atoms with Gasteiger partial charge in [0.1, 0.15) is 11.5 Å². The molecule has 0 saturated heterocycles. The van der Waals surface area contributed by atoms with E-state index < -0.39 is 0 Å². The third-order valence-electron chi connectivity index (χ3n) is 7.29. The molecule has 0 N–H and O–H groups in total. The van der Waals surface area contributed by atoms with Crippen molar-refractivity contribution >= 4 is 11.9 Å². The monoisotopic (exact) mass is 548 g/mol. The van der Waals surface area contributed by atoms with Gasteiger partial charge in [-0.2, -0.15) is 0 Å². The summed E-state index contributed by atoms with van der Waals surface area (Å²) in [6.45, 7) is 12.8. The van der Waals surface area contributed by atoms with Crippen LogP contribution in [-0.2, 0) is 18.3 Å². The minimum absolute atomic E-state index is 0.349. The van der Waals surface area contributed by atoms with Gasteiger partial charge in [-0.3, -0.25) is 0 Å². The van der Waals surface area contributed by atoms with Crippen molar-refractivity contribution < 1.29 is 19.1 Å². The molecular weight excluding hydrogens is 508 g/mol. The van der Waals surface area contributed by atoms with E-state index in [4.69, 9.17) is 9.47 Å². The van der Waals surface area contributed by atoms with E-state index in [-0.39, 0.29) is 17.4 Å². The molecule has 0 unspecified atom stereocenters.